The fourth-order valence-corrected chi connectivity index (χ4v) is 1.61. The lowest BCUT2D eigenvalue weighted by atomic mass is 10.2. The molecule has 0 saturated heterocycles. The van der Waals surface area contributed by atoms with Crippen LogP contribution in [0.15, 0.2) is 12.1 Å². The Morgan fingerprint density at radius 3 is 2.74 bits per heavy atom. The van der Waals surface area contributed by atoms with Gasteiger partial charge in [-0.2, -0.15) is 0 Å². The summed E-state index contributed by atoms with van der Waals surface area (Å²) in [5, 5.41) is 12.1. The van der Waals surface area contributed by atoms with Crippen LogP contribution < -0.4 is 5.32 Å². The number of anilines is 1. The Hall–Kier alpha value is -0.950. The van der Waals surface area contributed by atoms with Crippen molar-refractivity contribution in [2.75, 3.05) is 38.8 Å². The zero-order valence-corrected chi connectivity index (χ0v) is 11.2. The molecule has 0 aliphatic rings. The summed E-state index contributed by atoms with van der Waals surface area (Å²) >= 11 is 5.69. The molecule has 0 bridgehead atoms. The third kappa shape index (κ3) is 5.69. The number of aliphatic hydroxyl groups excluding tert-OH is 1. The molecule has 0 aliphatic heterocycles. The second-order valence-corrected chi connectivity index (χ2v) is 4.25. The molecule has 0 spiro atoms. The van der Waals surface area contributed by atoms with Gasteiger partial charge in [0.1, 0.15) is 5.82 Å². The van der Waals surface area contributed by atoms with Gasteiger partial charge in [-0.25, -0.2) is 8.78 Å². The van der Waals surface area contributed by atoms with E-state index in [-0.39, 0.29) is 23.9 Å². The van der Waals surface area contributed by atoms with E-state index >= 15 is 0 Å². The first-order valence-electron chi connectivity index (χ1n) is 5.67. The standard InChI is InChI=1S/C12H16ClF2NO3/c1-18-2-3-19-7-9(17)6-16-12-10(13)4-8(14)5-11(12)15/h4-5,9,16-17H,2-3,6-7H2,1H3. The molecular weight excluding hydrogens is 280 g/mol. The molecule has 1 aromatic rings. The van der Waals surface area contributed by atoms with Crippen molar-refractivity contribution in [3.63, 3.8) is 0 Å². The van der Waals surface area contributed by atoms with Crippen molar-refractivity contribution in [3.05, 3.63) is 28.8 Å². The van der Waals surface area contributed by atoms with Crippen LogP contribution in [0.25, 0.3) is 0 Å². The van der Waals surface area contributed by atoms with Gasteiger partial charge in [-0.3, -0.25) is 0 Å². The highest BCUT2D eigenvalue weighted by Crippen LogP contribution is 2.26. The summed E-state index contributed by atoms with van der Waals surface area (Å²) in [6, 6.07) is 1.71. The minimum atomic E-state index is -0.836. The van der Waals surface area contributed by atoms with Crippen LogP contribution in [0.1, 0.15) is 0 Å². The first-order chi connectivity index (χ1) is 9.04. The molecule has 0 amide bonds. The van der Waals surface area contributed by atoms with Gasteiger partial charge in [0.05, 0.1) is 36.6 Å². The lowest BCUT2D eigenvalue weighted by Crippen LogP contribution is -2.26. The number of rotatable bonds is 8. The maximum atomic E-state index is 13.4. The van der Waals surface area contributed by atoms with E-state index in [4.69, 9.17) is 21.1 Å². The average Bonchev–Trinajstić information content (AvgIpc) is 2.33. The summed E-state index contributed by atoms with van der Waals surface area (Å²) in [6.07, 6.45) is -0.836. The molecular formula is C12H16ClF2NO3. The number of benzene rings is 1. The van der Waals surface area contributed by atoms with E-state index in [1.165, 1.54) is 0 Å². The third-order valence-electron chi connectivity index (χ3n) is 2.26. The Bertz CT molecular complexity index is 384. The van der Waals surface area contributed by atoms with E-state index in [1.807, 2.05) is 0 Å². The summed E-state index contributed by atoms with van der Waals surface area (Å²) in [5.74, 6) is -1.56. The van der Waals surface area contributed by atoms with Crippen LogP contribution >= 0.6 is 11.6 Å². The van der Waals surface area contributed by atoms with Crippen molar-refractivity contribution in [3.8, 4) is 0 Å². The van der Waals surface area contributed by atoms with Crippen molar-refractivity contribution in [2.45, 2.75) is 6.10 Å². The lowest BCUT2D eigenvalue weighted by Gasteiger charge is -2.14. The molecule has 1 aromatic carbocycles. The molecule has 0 aromatic heterocycles. The fraction of sp³-hybridized carbons (Fsp3) is 0.500. The number of methoxy groups -OCH3 is 1. The van der Waals surface area contributed by atoms with E-state index in [0.717, 1.165) is 12.1 Å². The Morgan fingerprint density at radius 2 is 2.11 bits per heavy atom. The fourth-order valence-electron chi connectivity index (χ4n) is 1.35. The highest BCUT2D eigenvalue weighted by Gasteiger charge is 2.11. The predicted molar refractivity (Wildman–Crippen MR) is 68.6 cm³/mol. The van der Waals surface area contributed by atoms with Gasteiger partial charge in [0, 0.05) is 19.7 Å². The van der Waals surface area contributed by atoms with Gasteiger partial charge in [0.25, 0.3) is 0 Å². The number of nitrogens with one attached hydrogen (secondary N) is 1. The summed E-state index contributed by atoms with van der Waals surface area (Å²) in [6.45, 7) is 0.907. The van der Waals surface area contributed by atoms with Crippen LogP contribution in [0.3, 0.4) is 0 Å². The summed E-state index contributed by atoms with van der Waals surface area (Å²) in [4.78, 5) is 0. The van der Waals surface area contributed by atoms with Gasteiger partial charge in [-0.1, -0.05) is 11.6 Å². The molecule has 1 unspecified atom stereocenters. The van der Waals surface area contributed by atoms with Gasteiger partial charge < -0.3 is 19.9 Å². The van der Waals surface area contributed by atoms with Crippen molar-refractivity contribution in [2.24, 2.45) is 0 Å². The third-order valence-corrected chi connectivity index (χ3v) is 2.56. The normalized spacial score (nSPS) is 12.5. The molecule has 1 rings (SSSR count). The Morgan fingerprint density at radius 1 is 1.37 bits per heavy atom. The molecule has 1 atom stereocenters. The van der Waals surface area contributed by atoms with Crippen LogP contribution in [0.5, 0.6) is 0 Å². The molecule has 0 aliphatic carbocycles. The largest absolute Gasteiger partial charge is 0.389 e. The smallest absolute Gasteiger partial charge is 0.150 e. The molecule has 7 heteroatoms. The maximum absolute atomic E-state index is 13.4. The zero-order chi connectivity index (χ0) is 14.3. The summed E-state index contributed by atoms with van der Waals surface area (Å²) in [7, 11) is 1.54. The van der Waals surface area contributed by atoms with Gasteiger partial charge in [-0.05, 0) is 6.07 Å². The topological polar surface area (TPSA) is 50.7 Å². The molecule has 4 nitrogen and oxygen atoms in total. The number of hydrogen-bond donors (Lipinski definition) is 2. The van der Waals surface area contributed by atoms with Crippen molar-refractivity contribution < 1.29 is 23.4 Å². The number of aliphatic hydroxyl groups is 1. The van der Waals surface area contributed by atoms with Crippen molar-refractivity contribution in [1.82, 2.24) is 0 Å². The number of hydrogen-bond acceptors (Lipinski definition) is 4. The van der Waals surface area contributed by atoms with Crippen LogP contribution in [-0.4, -0.2) is 44.7 Å². The number of ether oxygens (including phenoxy) is 2. The first-order valence-corrected chi connectivity index (χ1v) is 6.05. The molecule has 0 heterocycles. The molecule has 0 fully saturated rings. The molecule has 2 N–H and O–H groups in total. The van der Waals surface area contributed by atoms with E-state index in [9.17, 15) is 13.9 Å². The highest BCUT2D eigenvalue weighted by molar-refractivity contribution is 6.33. The quantitative estimate of drug-likeness (QED) is 0.721. The van der Waals surface area contributed by atoms with Gasteiger partial charge >= 0.3 is 0 Å². The highest BCUT2D eigenvalue weighted by atomic mass is 35.5. The van der Waals surface area contributed by atoms with Crippen LogP contribution in [0, 0.1) is 11.6 Å². The Kier molecular flexibility index (Phi) is 7.01. The molecule has 19 heavy (non-hydrogen) atoms. The van der Waals surface area contributed by atoms with Crippen molar-refractivity contribution in [1.29, 1.82) is 0 Å². The molecule has 0 radical (unpaired) electrons. The van der Waals surface area contributed by atoms with Gasteiger partial charge in [-0.15, -0.1) is 0 Å². The van der Waals surface area contributed by atoms with Crippen molar-refractivity contribution >= 4 is 17.3 Å². The summed E-state index contributed by atoms with van der Waals surface area (Å²) in [5.41, 5.74) is -0.0426. The Labute approximate surface area is 115 Å². The monoisotopic (exact) mass is 295 g/mol. The van der Waals surface area contributed by atoms with E-state index in [1.54, 1.807) is 7.11 Å². The van der Waals surface area contributed by atoms with Gasteiger partial charge in [0.2, 0.25) is 0 Å². The van der Waals surface area contributed by atoms with E-state index in [0.29, 0.717) is 13.2 Å². The SMILES string of the molecule is COCCOCC(O)CNc1c(F)cc(F)cc1Cl. The average molecular weight is 296 g/mol. The zero-order valence-electron chi connectivity index (χ0n) is 10.5. The Balaban J connectivity index is 2.40. The minimum absolute atomic E-state index is 0.0370. The van der Waals surface area contributed by atoms with E-state index < -0.39 is 17.7 Å². The molecule has 0 saturated carbocycles. The lowest BCUT2D eigenvalue weighted by molar-refractivity contribution is 0.0182. The maximum Gasteiger partial charge on any atom is 0.150 e. The van der Waals surface area contributed by atoms with Gasteiger partial charge in [0.15, 0.2) is 5.82 Å². The second kappa shape index (κ2) is 8.27. The predicted octanol–water partition coefficient (Wildman–Crippen LogP) is 2.05. The summed E-state index contributed by atoms with van der Waals surface area (Å²) < 4.78 is 36.1. The van der Waals surface area contributed by atoms with E-state index in [2.05, 4.69) is 5.32 Å². The first kappa shape index (κ1) is 16.1. The second-order valence-electron chi connectivity index (χ2n) is 3.85. The minimum Gasteiger partial charge on any atom is -0.389 e. The van der Waals surface area contributed by atoms with Crippen LogP contribution in [-0.2, 0) is 9.47 Å². The number of halogens is 3. The van der Waals surface area contributed by atoms with Crippen LogP contribution in [0.2, 0.25) is 5.02 Å². The molecule has 108 valence electrons. The van der Waals surface area contributed by atoms with Crippen LogP contribution in [0.4, 0.5) is 14.5 Å².